The van der Waals surface area contributed by atoms with E-state index in [9.17, 15) is 14.7 Å². The standard InChI is InChI=1S/C16H19N3O3S/c1-10(2)16(15(21)22)5-6-19(9-16)14(20)12-8-11(17-18-12)13-4-3-7-23-13/h3-4,7-8,10H,5-6,9H2,1-2H3,(H,17,18)(H,21,22). The van der Waals surface area contributed by atoms with E-state index in [0.717, 1.165) is 10.6 Å². The molecule has 0 radical (unpaired) electrons. The van der Waals surface area contributed by atoms with E-state index in [4.69, 9.17) is 0 Å². The predicted octanol–water partition coefficient (Wildman–Crippen LogP) is 2.71. The predicted molar refractivity (Wildman–Crippen MR) is 87.3 cm³/mol. The second-order valence-electron chi connectivity index (χ2n) is 6.24. The van der Waals surface area contributed by atoms with E-state index < -0.39 is 11.4 Å². The summed E-state index contributed by atoms with van der Waals surface area (Å²) in [5.41, 5.74) is 0.275. The molecule has 1 atom stereocenters. The number of carboxylic acid groups (broad SMARTS) is 1. The minimum atomic E-state index is -0.859. The van der Waals surface area contributed by atoms with Gasteiger partial charge in [0.2, 0.25) is 0 Å². The van der Waals surface area contributed by atoms with Crippen LogP contribution in [-0.2, 0) is 4.79 Å². The van der Waals surface area contributed by atoms with Crippen LogP contribution < -0.4 is 0 Å². The lowest BCUT2D eigenvalue weighted by atomic mass is 9.76. The molecule has 2 aromatic heterocycles. The van der Waals surface area contributed by atoms with E-state index in [1.165, 1.54) is 0 Å². The first-order chi connectivity index (χ1) is 10.9. The molecule has 0 bridgehead atoms. The summed E-state index contributed by atoms with van der Waals surface area (Å²) in [4.78, 5) is 26.9. The van der Waals surface area contributed by atoms with Crippen molar-refractivity contribution in [1.82, 2.24) is 15.1 Å². The van der Waals surface area contributed by atoms with E-state index in [1.807, 2.05) is 31.4 Å². The SMILES string of the molecule is CC(C)C1(C(=O)O)CCN(C(=O)c2cc(-c3cccs3)[nH]n2)C1. The summed E-state index contributed by atoms with van der Waals surface area (Å²) in [6.45, 7) is 4.47. The Morgan fingerprint density at radius 1 is 1.48 bits per heavy atom. The minimum Gasteiger partial charge on any atom is -0.481 e. The van der Waals surface area contributed by atoms with Crippen molar-refractivity contribution in [2.75, 3.05) is 13.1 Å². The van der Waals surface area contributed by atoms with Gasteiger partial charge in [0.25, 0.3) is 5.91 Å². The van der Waals surface area contributed by atoms with Gasteiger partial charge in [-0.25, -0.2) is 0 Å². The molecular formula is C16H19N3O3S. The van der Waals surface area contributed by atoms with Crippen LogP contribution in [0.2, 0.25) is 0 Å². The number of thiophene rings is 1. The van der Waals surface area contributed by atoms with Crippen LogP contribution in [0.4, 0.5) is 0 Å². The van der Waals surface area contributed by atoms with E-state index in [2.05, 4.69) is 10.2 Å². The number of hydrogen-bond acceptors (Lipinski definition) is 4. The van der Waals surface area contributed by atoms with Crippen LogP contribution in [0.1, 0.15) is 30.8 Å². The van der Waals surface area contributed by atoms with Gasteiger partial charge in [-0.05, 0) is 29.9 Å². The van der Waals surface area contributed by atoms with Crippen molar-refractivity contribution in [2.24, 2.45) is 11.3 Å². The van der Waals surface area contributed by atoms with Gasteiger partial charge in [-0.15, -0.1) is 11.3 Å². The summed E-state index contributed by atoms with van der Waals surface area (Å²) < 4.78 is 0. The fourth-order valence-electron chi connectivity index (χ4n) is 3.05. The van der Waals surface area contributed by atoms with E-state index >= 15 is 0 Å². The van der Waals surface area contributed by atoms with Crippen LogP contribution in [0.3, 0.4) is 0 Å². The average Bonchev–Trinajstić information content (AvgIpc) is 3.25. The number of nitrogens with one attached hydrogen (secondary N) is 1. The van der Waals surface area contributed by atoms with Gasteiger partial charge < -0.3 is 10.0 Å². The van der Waals surface area contributed by atoms with Crippen molar-refractivity contribution in [2.45, 2.75) is 20.3 Å². The molecule has 2 aromatic rings. The lowest BCUT2D eigenvalue weighted by molar-refractivity contribution is -0.150. The van der Waals surface area contributed by atoms with E-state index in [-0.39, 0.29) is 18.4 Å². The summed E-state index contributed by atoms with van der Waals surface area (Å²) in [5, 5.41) is 18.5. The third-order valence-electron chi connectivity index (χ3n) is 4.70. The van der Waals surface area contributed by atoms with Crippen LogP contribution in [0.15, 0.2) is 23.6 Å². The van der Waals surface area contributed by atoms with Crippen molar-refractivity contribution in [3.8, 4) is 10.6 Å². The number of carbonyl (C=O) groups is 2. The first-order valence-electron chi connectivity index (χ1n) is 7.56. The molecule has 1 unspecified atom stereocenters. The summed E-state index contributed by atoms with van der Waals surface area (Å²) in [6, 6.07) is 5.62. The highest BCUT2D eigenvalue weighted by molar-refractivity contribution is 7.13. The largest absolute Gasteiger partial charge is 0.481 e. The maximum atomic E-state index is 12.6. The smallest absolute Gasteiger partial charge is 0.311 e. The van der Waals surface area contributed by atoms with Gasteiger partial charge in [0, 0.05) is 13.1 Å². The maximum absolute atomic E-state index is 12.6. The molecule has 3 heterocycles. The van der Waals surface area contributed by atoms with Crippen LogP contribution in [0.5, 0.6) is 0 Å². The molecule has 0 spiro atoms. The van der Waals surface area contributed by atoms with Crippen LogP contribution in [-0.4, -0.2) is 45.2 Å². The molecule has 1 aliphatic heterocycles. The number of aromatic nitrogens is 2. The van der Waals surface area contributed by atoms with Gasteiger partial charge in [0.05, 0.1) is 16.0 Å². The Morgan fingerprint density at radius 3 is 2.83 bits per heavy atom. The Balaban J connectivity index is 1.78. The van der Waals surface area contributed by atoms with Crippen molar-refractivity contribution < 1.29 is 14.7 Å². The molecule has 1 saturated heterocycles. The van der Waals surface area contributed by atoms with Gasteiger partial charge >= 0.3 is 5.97 Å². The van der Waals surface area contributed by atoms with Crippen molar-refractivity contribution in [3.63, 3.8) is 0 Å². The molecule has 122 valence electrons. The number of aromatic amines is 1. The number of aliphatic carboxylic acids is 1. The molecule has 3 rings (SSSR count). The van der Waals surface area contributed by atoms with Crippen LogP contribution in [0.25, 0.3) is 10.6 Å². The molecule has 1 fully saturated rings. The maximum Gasteiger partial charge on any atom is 0.311 e. The highest BCUT2D eigenvalue weighted by atomic mass is 32.1. The molecule has 0 saturated carbocycles. The quantitative estimate of drug-likeness (QED) is 0.901. The molecule has 2 N–H and O–H groups in total. The average molecular weight is 333 g/mol. The molecule has 0 aliphatic carbocycles. The second kappa shape index (κ2) is 5.81. The topological polar surface area (TPSA) is 86.3 Å². The van der Waals surface area contributed by atoms with Crippen molar-refractivity contribution in [3.05, 3.63) is 29.3 Å². The Morgan fingerprint density at radius 2 is 2.26 bits per heavy atom. The lowest BCUT2D eigenvalue weighted by Gasteiger charge is -2.28. The lowest BCUT2D eigenvalue weighted by Crippen LogP contribution is -2.40. The summed E-state index contributed by atoms with van der Waals surface area (Å²) in [6.07, 6.45) is 0.480. The third-order valence-corrected chi connectivity index (χ3v) is 5.61. The van der Waals surface area contributed by atoms with Crippen molar-refractivity contribution in [1.29, 1.82) is 0 Å². The number of amides is 1. The first-order valence-corrected chi connectivity index (χ1v) is 8.44. The number of carboxylic acids is 1. The Labute approximate surface area is 138 Å². The number of rotatable bonds is 4. The Hall–Kier alpha value is -2.15. The summed E-state index contributed by atoms with van der Waals surface area (Å²) in [7, 11) is 0. The number of hydrogen-bond donors (Lipinski definition) is 2. The first kappa shape index (κ1) is 15.7. The summed E-state index contributed by atoms with van der Waals surface area (Å²) in [5.74, 6) is -1.07. The zero-order chi connectivity index (χ0) is 16.6. The number of H-pyrrole nitrogens is 1. The zero-order valence-corrected chi connectivity index (χ0v) is 13.9. The van der Waals surface area contributed by atoms with E-state index in [1.54, 1.807) is 22.3 Å². The Kier molecular flexibility index (Phi) is 3.97. The third kappa shape index (κ3) is 2.65. The normalized spacial score (nSPS) is 21.1. The fourth-order valence-corrected chi connectivity index (χ4v) is 3.74. The molecule has 23 heavy (non-hydrogen) atoms. The summed E-state index contributed by atoms with van der Waals surface area (Å²) >= 11 is 1.57. The highest BCUT2D eigenvalue weighted by Crippen LogP contribution is 2.38. The van der Waals surface area contributed by atoms with Crippen LogP contribution in [0, 0.1) is 11.3 Å². The number of nitrogens with zero attached hydrogens (tertiary/aromatic N) is 2. The molecular weight excluding hydrogens is 314 g/mol. The second-order valence-corrected chi connectivity index (χ2v) is 7.18. The van der Waals surface area contributed by atoms with Crippen LogP contribution >= 0.6 is 11.3 Å². The van der Waals surface area contributed by atoms with Crippen molar-refractivity contribution >= 4 is 23.2 Å². The van der Waals surface area contributed by atoms with Gasteiger partial charge in [-0.3, -0.25) is 14.7 Å². The van der Waals surface area contributed by atoms with Gasteiger partial charge in [0.15, 0.2) is 5.69 Å². The number of carbonyl (C=O) groups excluding carboxylic acids is 1. The van der Waals surface area contributed by atoms with Gasteiger partial charge in [0.1, 0.15) is 0 Å². The number of likely N-dealkylation sites (tertiary alicyclic amines) is 1. The molecule has 6 nitrogen and oxygen atoms in total. The molecule has 7 heteroatoms. The monoisotopic (exact) mass is 333 g/mol. The minimum absolute atomic E-state index is 0.0290. The van der Waals surface area contributed by atoms with Gasteiger partial charge in [-0.1, -0.05) is 19.9 Å². The van der Waals surface area contributed by atoms with Gasteiger partial charge in [-0.2, -0.15) is 5.10 Å². The molecule has 0 aromatic carbocycles. The fraction of sp³-hybridized carbons (Fsp3) is 0.438. The molecule has 1 aliphatic rings. The molecule has 1 amide bonds. The zero-order valence-electron chi connectivity index (χ0n) is 13.1. The van der Waals surface area contributed by atoms with E-state index in [0.29, 0.717) is 18.7 Å². The highest BCUT2D eigenvalue weighted by Gasteiger charge is 2.48. The Bertz CT molecular complexity index is 723.